The number of anilines is 1. The molecule has 0 heterocycles. The zero-order valence-corrected chi connectivity index (χ0v) is 10.3. The molecule has 0 fully saturated rings. The van der Waals surface area contributed by atoms with Crippen LogP contribution in [0.1, 0.15) is 11.1 Å². The summed E-state index contributed by atoms with van der Waals surface area (Å²) < 4.78 is 13.1. The fraction of sp³-hybridized carbons (Fsp3) is 0.200. The average Bonchev–Trinajstić information content (AvgIpc) is 2.39. The van der Waals surface area contributed by atoms with Crippen LogP contribution in [0.2, 0.25) is 0 Å². The first-order chi connectivity index (χ1) is 8.69. The predicted octanol–water partition coefficient (Wildman–Crippen LogP) is 2.95. The number of halogens is 1. The lowest BCUT2D eigenvalue weighted by Crippen LogP contribution is -2.16. The van der Waals surface area contributed by atoms with Crippen LogP contribution in [0.15, 0.2) is 48.5 Å². The smallest absolute Gasteiger partial charge is 0.123 e. The van der Waals surface area contributed by atoms with Crippen LogP contribution in [0.4, 0.5) is 10.1 Å². The molecule has 0 unspecified atom stereocenters. The van der Waals surface area contributed by atoms with Gasteiger partial charge in [-0.3, -0.25) is 0 Å². The summed E-state index contributed by atoms with van der Waals surface area (Å²) in [7, 11) is 1.96. The Hall–Kier alpha value is -1.87. The van der Waals surface area contributed by atoms with E-state index < -0.39 is 0 Å². The van der Waals surface area contributed by atoms with E-state index in [-0.39, 0.29) is 12.4 Å². The Morgan fingerprint density at radius 2 is 1.78 bits per heavy atom. The number of rotatable bonds is 4. The molecule has 0 radical (unpaired) electrons. The molecule has 0 aromatic heterocycles. The quantitative estimate of drug-likeness (QED) is 0.895. The molecule has 0 aliphatic rings. The van der Waals surface area contributed by atoms with Gasteiger partial charge in [0, 0.05) is 19.3 Å². The second-order valence-electron chi connectivity index (χ2n) is 4.31. The summed E-state index contributed by atoms with van der Waals surface area (Å²) in [5.74, 6) is -0.212. The zero-order chi connectivity index (χ0) is 13.0. The Kier molecular flexibility index (Phi) is 3.95. The highest BCUT2D eigenvalue weighted by Crippen LogP contribution is 2.16. The van der Waals surface area contributed by atoms with Gasteiger partial charge in [0.1, 0.15) is 5.82 Å². The summed E-state index contributed by atoms with van der Waals surface area (Å²) in [6.45, 7) is 0.699. The van der Waals surface area contributed by atoms with Crippen LogP contribution in [0.5, 0.6) is 0 Å². The third kappa shape index (κ3) is 3.08. The molecule has 2 rings (SSSR count). The van der Waals surface area contributed by atoms with E-state index in [0.717, 1.165) is 16.8 Å². The molecule has 0 saturated carbocycles. The van der Waals surface area contributed by atoms with Crippen molar-refractivity contribution in [3.05, 3.63) is 65.5 Å². The van der Waals surface area contributed by atoms with Crippen LogP contribution in [0.3, 0.4) is 0 Å². The maximum atomic E-state index is 13.1. The Morgan fingerprint density at radius 1 is 1.06 bits per heavy atom. The Morgan fingerprint density at radius 3 is 2.39 bits per heavy atom. The summed E-state index contributed by atoms with van der Waals surface area (Å²) in [6.07, 6.45) is 0. The molecule has 2 aromatic rings. The monoisotopic (exact) mass is 245 g/mol. The van der Waals surface area contributed by atoms with Crippen LogP contribution in [0, 0.1) is 5.82 Å². The van der Waals surface area contributed by atoms with Gasteiger partial charge >= 0.3 is 0 Å². The van der Waals surface area contributed by atoms with Gasteiger partial charge in [0.2, 0.25) is 0 Å². The normalized spacial score (nSPS) is 10.4. The topological polar surface area (TPSA) is 23.5 Å². The standard InChI is InChI=1S/C15H16FNO/c1-17(10-13-3-2-4-14(16)9-13)15-7-5-12(11-18)6-8-15/h2-9,18H,10-11H2,1H3. The molecule has 2 nitrogen and oxygen atoms in total. The van der Waals surface area contributed by atoms with Crippen molar-refractivity contribution in [2.24, 2.45) is 0 Å². The lowest BCUT2D eigenvalue weighted by atomic mass is 10.1. The second-order valence-corrected chi connectivity index (χ2v) is 4.31. The van der Waals surface area contributed by atoms with E-state index in [1.165, 1.54) is 6.07 Å². The van der Waals surface area contributed by atoms with Crippen molar-refractivity contribution in [3.63, 3.8) is 0 Å². The van der Waals surface area contributed by atoms with Gasteiger partial charge in [0.05, 0.1) is 6.61 Å². The van der Waals surface area contributed by atoms with Crippen LogP contribution in [0.25, 0.3) is 0 Å². The van der Waals surface area contributed by atoms with Gasteiger partial charge in [-0.25, -0.2) is 4.39 Å². The largest absolute Gasteiger partial charge is 0.392 e. The van der Waals surface area contributed by atoms with Crippen molar-refractivity contribution < 1.29 is 9.50 Å². The van der Waals surface area contributed by atoms with Gasteiger partial charge in [-0.15, -0.1) is 0 Å². The number of nitrogens with zero attached hydrogens (tertiary/aromatic N) is 1. The molecular weight excluding hydrogens is 229 g/mol. The molecule has 0 spiro atoms. The van der Waals surface area contributed by atoms with Gasteiger partial charge in [0.15, 0.2) is 0 Å². The molecule has 18 heavy (non-hydrogen) atoms. The molecule has 0 saturated heterocycles. The van der Waals surface area contributed by atoms with Crippen LogP contribution < -0.4 is 4.90 Å². The summed E-state index contributed by atoms with van der Waals surface area (Å²) >= 11 is 0. The molecular formula is C15H16FNO. The van der Waals surface area contributed by atoms with Gasteiger partial charge in [-0.05, 0) is 35.4 Å². The van der Waals surface area contributed by atoms with Crippen molar-refractivity contribution >= 4 is 5.69 Å². The minimum absolute atomic E-state index is 0.0495. The summed E-state index contributed by atoms with van der Waals surface area (Å²) in [5.41, 5.74) is 2.86. The Balaban J connectivity index is 2.09. The van der Waals surface area contributed by atoms with E-state index in [0.29, 0.717) is 6.54 Å². The van der Waals surface area contributed by atoms with Gasteiger partial charge in [-0.1, -0.05) is 24.3 Å². The van der Waals surface area contributed by atoms with Crippen molar-refractivity contribution in [2.45, 2.75) is 13.2 Å². The highest BCUT2D eigenvalue weighted by atomic mass is 19.1. The Labute approximate surface area is 106 Å². The first kappa shape index (κ1) is 12.6. The maximum Gasteiger partial charge on any atom is 0.123 e. The number of hydrogen-bond acceptors (Lipinski definition) is 2. The number of aliphatic hydroxyl groups excluding tert-OH is 1. The van der Waals surface area contributed by atoms with E-state index in [1.807, 2.05) is 42.3 Å². The summed E-state index contributed by atoms with van der Waals surface area (Å²) in [6, 6.07) is 14.3. The minimum Gasteiger partial charge on any atom is -0.392 e. The zero-order valence-electron chi connectivity index (χ0n) is 10.3. The number of benzene rings is 2. The fourth-order valence-corrected chi connectivity index (χ4v) is 1.86. The summed E-state index contributed by atoms with van der Waals surface area (Å²) in [4.78, 5) is 2.04. The van der Waals surface area contributed by atoms with Crippen LogP contribution in [-0.4, -0.2) is 12.2 Å². The highest BCUT2D eigenvalue weighted by Gasteiger charge is 2.03. The SMILES string of the molecule is CN(Cc1cccc(F)c1)c1ccc(CO)cc1. The Bertz CT molecular complexity index is 510. The molecule has 0 aliphatic carbocycles. The fourth-order valence-electron chi connectivity index (χ4n) is 1.86. The van der Waals surface area contributed by atoms with Gasteiger partial charge in [0.25, 0.3) is 0 Å². The first-order valence-electron chi connectivity index (χ1n) is 5.84. The van der Waals surface area contributed by atoms with E-state index in [2.05, 4.69) is 0 Å². The summed E-state index contributed by atoms with van der Waals surface area (Å²) in [5, 5.41) is 8.98. The molecule has 0 aliphatic heterocycles. The van der Waals surface area contributed by atoms with E-state index in [4.69, 9.17) is 5.11 Å². The third-order valence-electron chi connectivity index (χ3n) is 2.87. The van der Waals surface area contributed by atoms with E-state index >= 15 is 0 Å². The van der Waals surface area contributed by atoms with Crippen LogP contribution >= 0.6 is 0 Å². The van der Waals surface area contributed by atoms with E-state index in [1.54, 1.807) is 12.1 Å². The lowest BCUT2D eigenvalue weighted by Gasteiger charge is -2.19. The van der Waals surface area contributed by atoms with Crippen molar-refractivity contribution in [2.75, 3.05) is 11.9 Å². The average molecular weight is 245 g/mol. The van der Waals surface area contributed by atoms with Gasteiger partial charge < -0.3 is 10.0 Å². The number of aliphatic hydroxyl groups is 1. The van der Waals surface area contributed by atoms with Crippen molar-refractivity contribution in [1.29, 1.82) is 0 Å². The van der Waals surface area contributed by atoms with Crippen molar-refractivity contribution in [1.82, 2.24) is 0 Å². The molecule has 1 N–H and O–H groups in total. The number of hydrogen-bond donors (Lipinski definition) is 1. The second kappa shape index (κ2) is 5.65. The highest BCUT2D eigenvalue weighted by molar-refractivity contribution is 5.47. The van der Waals surface area contributed by atoms with Crippen molar-refractivity contribution in [3.8, 4) is 0 Å². The molecule has 0 atom stereocenters. The van der Waals surface area contributed by atoms with Crippen LogP contribution in [-0.2, 0) is 13.2 Å². The molecule has 3 heteroatoms. The molecule has 0 amide bonds. The molecule has 94 valence electrons. The lowest BCUT2D eigenvalue weighted by molar-refractivity contribution is 0.282. The predicted molar refractivity (Wildman–Crippen MR) is 70.9 cm³/mol. The third-order valence-corrected chi connectivity index (χ3v) is 2.87. The minimum atomic E-state index is -0.212. The molecule has 0 bridgehead atoms. The first-order valence-corrected chi connectivity index (χ1v) is 5.84. The van der Waals surface area contributed by atoms with E-state index in [9.17, 15) is 4.39 Å². The molecule has 2 aromatic carbocycles. The van der Waals surface area contributed by atoms with Gasteiger partial charge in [-0.2, -0.15) is 0 Å². The maximum absolute atomic E-state index is 13.1.